The molecule has 1 aliphatic heterocycles. The normalized spacial score (nSPS) is 44.2. The van der Waals surface area contributed by atoms with Crippen LogP contribution >= 0.6 is 12.4 Å². The molecule has 2 N–H and O–H groups in total. The highest BCUT2D eigenvalue weighted by Crippen LogP contribution is 2.60. The zero-order chi connectivity index (χ0) is 13.6. The predicted molar refractivity (Wildman–Crippen MR) is 86.5 cm³/mol. The topological polar surface area (TPSA) is 41.1 Å². The van der Waals surface area contributed by atoms with Crippen molar-refractivity contribution in [1.29, 1.82) is 0 Å². The van der Waals surface area contributed by atoms with E-state index in [0.717, 1.165) is 37.4 Å². The first-order valence-electron chi connectivity index (χ1n) is 8.72. The molecule has 0 radical (unpaired) electrons. The van der Waals surface area contributed by atoms with Crippen molar-refractivity contribution in [3.8, 4) is 0 Å². The van der Waals surface area contributed by atoms with Crippen LogP contribution in [-0.2, 0) is 4.79 Å². The Bertz CT molecular complexity index is 357. The Kier molecular flexibility index (Phi) is 4.52. The van der Waals surface area contributed by atoms with Gasteiger partial charge in [0, 0.05) is 12.0 Å². The molecule has 0 aromatic carbocycles. The van der Waals surface area contributed by atoms with Crippen molar-refractivity contribution in [1.82, 2.24) is 10.6 Å². The quantitative estimate of drug-likeness (QED) is 0.841. The van der Waals surface area contributed by atoms with Crippen LogP contribution in [-0.4, -0.2) is 25.5 Å². The summed E-state index contributed by atoms with van der Waals surface area (Å²) in [5.74, 6) is 3.65. The molecule has 0 spiro atoms. The monoisotopic (exact) mass is 312 g/mol. The Morgan fingerprint density at radius 3 is 2.24 bits per heavy atom. The number of nitrogens with one attached hydrogen (secondary N) is 2. The zero-order valence-corrected chi connectivity index (χ0v) is 13.7. The van der Waals surface area contributed by atoms with Gasteiger partial charge in [-0.25, -0.2) is 0 Å². The first-order valence-corrected chi connectivity index (χ1v) is 8.72. The second-order valence-electron chi connectivity index (χ2n) is 8.12. The van der Waals surface area contributed by atoms with Crippen molar-refractivity contribution in [3.05, 3.63) is 0 Å². The summed E-state index contributed by atoms with van der Waals surface area (Å²) in [6, 6.07) is 0. The maximum atomic E-state index is 12.8. The molecule has 4 bridgehead atoms. The van der Waals surface area contributed by atoms with Gasteiger partial charge in [0.2, 0.25) is 5.91 Å². The minimum atomic E-state index is 0. The van der Waals surface area contributed by atoms with Crippen molar-refractivity contribution in [3.63, 3.8) is 0 Å². The van der Waals surface area contributed by atoms with Gasteiger partial charge in [0.1, 0.15) is 0 Å². The molecule has 5 rings (SSSR count). The lowest BCUT2D eigenvalue weighted by Crippen LogP contribution is -2.54. The fourth-order valence-corrected chi connectivity index (χ4v) is 5.91. The zero-order valence-electron chi connectivity index (χ0n) is 12.9. The molecule has 5 fully saturated rings. The van der Waals surface area contributed by atoms with E-state index in [1.165, 1.54) is 51.4 Å². The van der Waals surface area contributed by atoms with Crippen LogP contribution in [0.4, 0.5) is 0 Å². The lowest BCUT2D eigenvalue weighted by Gasteiger charge is -2.55. The first-order chi connectivity index (χ1) is 9.73. The molecular formula is C17H29ClN2O. The van der Waals surface area contributed by atoms with E-state index in [0.29, 0.717) is 11.8 Å². The number of carbonyl (C=O) groups excluding carboxylic acids is 1. The number of hydrogen-bond acceptors (Lipinski definition) is 2. The number of halogens is 1. The summed E-state index contributed by atoms with van der Waals surface area (Å²) >= 11 is 0. The van der Waals surface area contributed by atoms with Crippen molar-refractivity contribution in [2.75, 3.05) is 19.6 Å². The number of amides is 1. The smallest absolute Gasteiger partial charge is 0.226 e. The van der Waals surface area contributed by atoms with Crippen LogP contribution in [0.3, 0.4) is 0 Å². The molecule has 4 saturated carbocycles. The van der Waals surface area contributed by atoms with E-state index in [1.807, 2.05) is 0 Å². The third kappa shape index (κ3) is 2.96. The molecule has 5 aliphatic rings. The Hall–Kier alpha value is -0.280. The van der Waals surface area contributed by atoms with Gasteiger partial charge < -0.3 is 10.6 Å². The average Bonchev–Trinajstić information content (AvgIpc) is 2.44. The Balaban J connectivity index is 0.00000132. The summed E-state index contributed by atoms with van der Waals surface area (Å²) in [7, 11) is 0. The molecule has 4 aliphatic carbocycles. The standard InChI is InChI=1S/C17H28N2O.ClH/c20-16(19-11-12-2-1-3-18-10-12)17-7-13-4-14(8-17)6-15(5-13)9-17;/h12-15,18H,1-11H2,(H,19,20);1H. The maximum absolute atomic E-state index is 12.8. The second-order valence-corrected chi connectivity index (χ2v) is 8.12. The van der Waals surface area contributed by atoms with Gasteiger partial charge in [-0.05, 0) is 88.1 Å². The van der Waals surface area contributed by atoms with Crippen LogP contribution in [0.15, 0.2) is 0 Å². The van der Waals surface area contributed by atoms with Gasteiger partial charge >= 0.3 is 0 Å². The van der Waals surface area contributed by atoms with Gasteiger partial charge in [-0.15, -0.1) is 12.4 Å². The Labute approximate surface area is 134 Å². The van der Waals surface area contributed by atoms with Gasteiger partial charge in [-0.3, -0.25) is 4.79 Å². The summed E-state index contributed by atoms with van der Waals surface area (Å²) in [5, 5.41) is 6.77. The van der Waals surface area contributed by atoms with Crippen LogP contribution in [0.25, 0.3) is 0 Å². The lowest BCUT2D eigenvalue weighted by molar-refractivity contribution is -0.146. The van der Waals surface area contributed by atoms with Crippen LogP contribution in [0, 0.1) is 29.1 Å². The Morgan fingerprint density at radius 1 is 1.10 bits per heavy atom. The minimum absolute atomic E-state index is 0. The van der Waals surface area contributed by atoms with Crippen molar-refractivity contribution in [2.45, 2.75) is 51.4 Å². The second kappa shape index (κ2) is 6.08. The number of hydrogen-bond donors (Lipinski definition) is 2. The van der Waals surface area contributed by atoms with E-state index >= 15 is 0 Å². The molecule has 4 heteroatoms. The van der Waals surface area contributed by atoms with E-state index in [2.05, 4.69) is 10.6 Å². The van der Waals surface area contributed by atoms with Gasteiger partial charge in [-0.1, -0.05) is 0 Å². The van der Waals surface area contributed by atoms with Gasteiger partial charge in [0.15, 0.2) is 0 Å². The molecule has 0 aromatic heterocycles. The van der Waals surface area contributed by atoms with E-state index < -0.39 is 0 Å². The van der Waals surface area contributed by atoms with E-state index in [9.17, 15) is 4.79 Å². The summed E-state index contributed by atoms with van der Waals surface area (Å²) in [6.45, 7) is 3.13. The molecule has 0 aromatic rings. The Morgan fingerprint density at radius 2 is 1.71 bits per heavy atom. The fraction of sp³-hybridized carbons (Fsp3) is 0.941. The number of carbonyl (C=O) groups is 1. The summed E-state index contributed by atoms with van der Waals surface area (Å²) in [6.07, 6.45) is 10.3. The van der Waals surface area contributed by atoms with Crippen molar-refractivity contribution >= 4 is 18.3 Å². The molecule has 3 nitrogen and oxygen atoms in total. The summed E-state index contributed by atoms with van der Waals surface area (Å²) in [5.41, 5.74) is 0.0385. The number of rotatable bonds is 3. The van der Waals surface area contributed by atoms with Crippen LogP contribution < -0.4 is 10.6 Å². The lowest BCUT2D eigenvalue weighted by atomic mass is 9.49. The molecule has 1 unspecified atom stereocenters. The van der Waals surface area contributed by atoms with Gasteiger partial charge in [0.25, 0.3) is 0 Å². The van der Waals surface area contributed by atoms with Gasteiger partial charge in [-0.2, -0.15) is 0 Å². The predicted octanol–water partition coefficient (Wildman–Crippen LogP) is 2.74. The molecule has 21 heavy (non-hydrogen) atoms. The summed E-state index contributed by atoms with van der Waals surface area (Å²) in [4.78, 5) is 12.8. The average molecular weight is 313 g/mol. The summed E-state index contributed by atoms with van der Waals surface area (Å²) < 4.78 is 0. The largest absolute Gasteiger partial charge is 0.355 e. The van der Waals surface area contributed by atoms with Gasteiger partial charge in [0.05, 0.1) is 0 Å². The third-order valence-electron chi connectivity index (χ3n) is 6.47. The molecule has 1 amide bonds. The van der Waals surface area contributed by atoms with Crippen LogP contribution in [0.1, 0.15) is 51.4 Å². The SMILES string of the molecule is Cl.O=C(NCC1CCCNC1)C12CC3CC(CC(C3)C1)C2. The van der Waals surface area contributed by atoms with E-state index in [-0.39, 0.29) is 17.8 Å². The molecule has 1 atom stereocenters. The highest BCUT2D eigenvalue weighted by atomic mass is 35.5. The maximum Gasteiger partial charge on any atom is 0.226 e. The highest BCUT2D eigenvalue weighted by Gasteiger charge is 2.54. The van der Waals surface area contributed by atoms with E-state index in [4.69, 9.17) is 0 Å². The van der Waals surface area contributed by atoms with Crippen LogP contribution in [0.5, 0.6) is 0 Å². The molecule has 120 valence electrons. The molecular weight excluding hydrogens is 284 g/mol. The van der Waals surface area contributed by atoms with Crippen molar-refractivity contribution in [2.24, 2.45) is 29.1 Å². The third-order valence-corrected chi connectivity index (χ3v) is 6.47. The highest BCUT2D eigenvalue weighted by molar-refractivity contribution is 5.85. The molecule has 1 heterocycles. The number of piperidine rings is 1. The minimum Gasteiger partial charge on any atom is -0.355 e. The van der Waals surface area contributed by atoms with Crippen molar-refractivity contribution < 1.29 is 4.79 Å². The van der Waals surface area contributed by atoms with E-state index in [1.54, 1.807) is 0 Å². The first kappa shape index (κ1) is 15.6. The molecule has 1 saturated heterocycles. The van der Waals surface area contributed by atoms with Crippen LogP contribution in [0.2, 0.25) is 0 Å². The fourth-order valence-electron chi connectivity index (χ4n) is 5.91.